The van der Waals surface area contributed by atoms with Crippen molar-refractivity contribution in [2.45, 2.75) is 24.7 Å². The van der Waals surface area contributed by atoms with Crippen molar-refractivity contribution in [2.75, 3.05) is 13.2 Å². The first-order valence-electron chi connectivity index (χ1n) is 28.4. The van der Waals surface area contributed by atoms with Crippen LogP contribution in [0.1, 0.15) is 89.7 Å². The van der Waals surface area contributed by atoms with Gasteiger partial charge in [0.05, 0.1) is 0 Å². The average Bonchev–Trinajstić information content (AvgIpc) is 4.52. The second-order valence-corrected chi connectivity index (χ2v) is 20.4. The van der Waals surface area contributed by atoms with Crippen molar-refractivity contribution in [2.24, 2.45) is 0 Å². The van der Waals surface area contributed by atoms with Crippen LogP contribution in [0.2, 0.25) is 0 Å². The first-order valence-corrected chi connectivity index (χ1v) is 28.4. The van der Waals surface area contributed by atoms with Gasteiger partial charge < -0.3 is 10.2 Å². The number of fused-ring (bicyclic) bond motifs is 4. The highest BCUT2D eigenvalue weighted by Crippen LogP contribution is 2.43. The molecule has 0 saturated heterocycles. The van der Waals surface area contributed by atoms with Crippen molar-refractivity contribution in [3.8, 4) is 47.4 Å². The molecule has 0 amide bonds. The van der Waals surface area contributed by atoms with E-state index in [1.54, 1.807) is 0 Å². The van der Waals surface area contributed by atoms with Crippen LogP contribution in [0.15, 0.2) is 301 Å². The summed E-state index contributed by atoms with van der Waals surface area (Å²) in [6, 6.07) is 96.2. The second kappa shape index (κ2) is 27.7. The summed E-state index contributed by atoms with van der Waals surface area (Å²) in [4.78, 5) is 0. The highest BCUT2D eigenvalue weighted by Gasteiger charge is 2.27. The van der Waals surface area contributed by atoms with Crippen molar-refractivity contribution in [3.63, 3.8) is 0 Å². The third-order valence-electron chi connectivity index (χ3n) is 15.0. The summed E-state index contributed by atoms with van der Waals surface area (Å²) in [6.45, 7) is -0.197. The van der Waals surface area contributed by atoms with E-state index < -0.39 is 0 Å². The van der Waals surface area contributed by atoms with Gasteiger partial charge >= 0.3 is 0 Å². The van der Waals surface area contributed by atoms with Gasteiger partial charge in [0.15, 0.2) is 0 Å². The summed E-state index contributed by atoms with van der Waals surface area (Å²) < 4.78 is 0. The lowest BCUT2D eigenvalue weighted by Crippen LogP contribution is -2.00. The van der Waals surface area contributed by atoms with E-state index in [1.807, 2.05) is 91.0 Å². The van der Waals surface area contributed by atoms with Crippen molar-refractivity contribution >= 4 is 23.3 Å². The van der Waals surface area contributed by atoms with E-state index in [4.69, 9.17) is 10.2 Å². The SMILES string of the molecule is C(#Cc1ccccc1)C1=C(c2ccccc2)c2ccccc2C1.C(#Cc1ccccc1)C1=Cc2ccccc2C1c1ccccc1.OCC#CC1=C(c2ccccc2)c2ccccc2C1.OCC#CC1=Cc2ccccc2C1c1ccccc1. The summed E-state index contributed by atoms with van der Waals surface area (Å²) >= 11 is 0. The molecule has 14 rings (SSSR count). The monoisotopic (exact) mass is 1080 g/mol. The molecule has 0 bridgehead atoms. The lowest BCUT2D eigenvalue weighted by Gasteiger charge is -2.14. The van der Waals surface area contributed by atoms with Gasteiger partial charge in [0.25, 0.3) is 0 Å². The molecular formula is C82H60O2. The minimum Gasteiger partial charge on any atom is -0.384 e. The van der Waals surface area contributed by atoms with Crippen LogP contribution >= 0.6 is 0 Å². The summed E-state index contributed by atoms with van der Waals surface area (Å²) in [6.07, 6.45) is 6.12. The predicted molar refractivity (Wildman–Crippen MR) is 347 cm³/mol. The standard InChI is InChI=1S/2C23H16.2C18H14O/c2*1-3-9-18(10-4-1)15-16-21-17-20-13-7-8-14-22(20)23(21)19-11-5-2-6-12-19;2*19-12-6-10-16-13-15-9-4-5-11-17(15)18(16)14-7-2-1-3-8-14/h1-14H,17H2;1-14,17,23H;1-5,7-9,11,19H,12-13H2;1-5,7-9,11,13,18-19H,12H2. The first kappa shape index (κ1) is 55.2. The number of hydrogen-bond acceptors (Lipinski definition) is 2. The minimum absolute atomic E-state index is 0.0953. The van der Waals surface area contributed by atoms with Gasteiger partial charge in [-0.15, -0.1) is 0 Å². The zero-order valence-corrected chi connectivity index (χ0v) is 46.6. The van der Waals surface area contributed by atoms with E-state index in [0.717, 1.165) is 35.1 Å². The van der Waals surface area contributed by atoms with E-state index >= 15 is 0 Å². The third-order valence-corrected chi connectivity index (χ3v) is 15.0. The maximum atomic E-state index is 8.90. The molecule has 0 saturated carbocycles. The van der Waals surface area contributed by atoms with E-state index in [2.05, 4.69) is 248 Å². The topological polar surface area (TPSA) is 40.5 Å². The van der Waals surface area contributed by atoms with E-state index in [0.29, 0.717) is 0 Å². The highest BCUT2D eigenvalue weighted by molar-refractivity contribution is 5.91. The number of aliphatic hydroxyl groups excluding tert-OH is 2. The van der Waals surface area contributed by atoms with Gasteiger partial charge in [-0.05, 0) is 103 Å². The molecule has 4 aliphatic carbocycles. The van der Waals surface area contributed by atoms with E-state index in [9.17, 15) is 0 Å². The Labute approximate surface area is 495 Å². The van der Waals surface area contributed by atoms with Gasteiger partial charge in [-0.2, -0.15) is 0 Å². The Balaban J connectivity index is 0.000000117. The van der Waals surface area contributed by atoms with Crippen LogP contribution in [0.5, 0.6) is 0 Å². The first-order chi connectivity index (χ1) is 41.6. The Kier molecular flexibility index (Phi) is 18.2. The molecule has 0 aliphatic heterocycles. The van der Waals surface area contributed by atoms with Crippen molar-refractivity contribution < 1.29 is 10.2 Å². The summed E-state index contributed by atoms with van der Waals surface area (Å²) in [5, 5.41) is 17.8. The molecule has 2 heteroatoms. The molecule has 2 nitrogen and oxygen atoms in total. The Morgan fingerprint density at radius 2 is 0.655 bits per heavy atom. The predicted octanol–water partition coefficient (Wildman–Crippen LogP) is 16.6. The molecule has 2 atom stereocenters. The number of aliphatic hydroxyl groups is 2. The molecule has 2 N–H and O–H groups in total. The number of rotatable bonds is 4. The lowest BCUT2D eigenvalue weighted by atomic mass is 9.88. The van der Waals surface area contributed by atoms with Gasteiger partial charge in [0.1, 0.15) is 13.2 Å². The Morgan fingerprint density at radius 3 is 1.11 bits per heavy atom. The maximum Gasteiger partial charge on any atom is 0.104 e. The maximum absolute atomic E-state index is 8.90. The van der Waals surface area contributed by atoms with Crippen LogP contribution in [0, 0.1) is 47.4 Å². The smallest absolute Gasteiger partial charge is 0.104 e. The number of hydrogen-bond donors (Lipinski definition) is 2. The van der Waals surface area contributed by atoms with Crippen LogP contribution in [0.3, 0.4) is 0 Å². The van der Waals surface area contributed by atoms with Gasteiger partial charge in [-0.1, -0.05) is 302 Å². The highest BCUT2D eigenvalue weighted by atomic mass is 16.3. The van der Waals surface area contributed by atoms with Crippen molar-refractivity contribution in [1.29, 1.82) is 0 Å². The Hall–Kier alpha value is -10.7. The Bertz CT molecular complexity index is 4310. The molecular weight excluding hydrogens is 1020 g/mol. The summed E-state index contributed by atoms with van der Waals surface area (Å²) in [5.41, 5.74) is 24.5. The molecule has 0 aromatic heterocycles. The quantitative estimate of drug-likeness (QED) is 0.172. The fourth-order valence-electron chi connectivity index (χ4n) is 11.3. The fourth-order valence-corrected chi connectivity index (χ4v) is 11.3. The minimum atomic E-state index is -0.102. The fraction of sp³-hybridized carbons (Fsp3) is 0.0732. The van der Waals surface area contributed by atoms with Crippen LogP contribution in [-0.4, -0.2) is 23.4 Å². The number of allylic oxidation sites excluding steroid dienone is 4. The van der Waals surface area contributed by atoms with E-state index in [1.165, 1.54) is 89.1 Å². The normalized spacial score (nSPS) is 14.2. The molecule has 4 aliphatic rings. The molecule has 400 valence electrons. The molecule has 10 aromatic carbocycles. The van der Waals surface area contributed by atoms with Crippen LogP contribution in [0.25, 0.3) is 23.3 Å². The zero-order valence-electron chi connectivity index (χ0n) is 46.6. The van der Waals surface area contributed by atoms with Crippen LogP contribution in [-0.2, 0) is 12.8 Å². The third kappa shape index (κ3) is 13.2. The average molecular weight is 1080 g/mol. The molecule has 0 fully saturated rings. The molecule has 10 aromatic rings. The van der Waals surface area contributed by atoms with Crippen LogP contribution in [0.4, 0.5) is 0 Å². The molecule has 0 spiro atoms. The van der Waals surface area contributed by atoms with Gasteiger partial charge in [-0.25, -0.2) is 0 Å². The van der Waals surface area contributed by atoms with Gasteiger partial charge in [0.2, 0.25) is 0 Å². The van der Waals surface area contributed by atoms with E-state index in [-0.39, 0.29) is 25.0 Å². The number of benzene rings is 10. The van der Waals surface area contributed by atoms with Crippen LogP contribution < -0.4 is 0 Å². The zero-order chi connectivity index (χ0) is 57.1. The summed E-state index contributed by atoms with van der Waals surface area (Å²) in [5.74, 6) is 25.6. The molecule has 0 heterocycles. The second-order valence-electron chi connectivity index (χ2n) is 20.4. The summed E-state index contributed by atoms with van der Waals surface area (Å²) in [7, 11) is 0. The largest absolute Gasteiger partial charge is 0.384 e. The van der Waals surface area contributed by atoms with Gasteiger partial charge in [-0.3, -0.25) is 0 Å². The molecule has 84 heavy (non-hydrogen) atoms. The van der Waals surface area contributed by atoms with Crippen molar-refractivity contribution in [1.82, 2.24) is 0 Å². The molecule has 0 radical (unpaired) electrons. The molecule has 2 unspecified atom stereocenters. The van der Waals surface area contributed by atoms with Crippen molar-refractivity contribution in [3.05, 3.63) is 379 Å². The Morgan fingerprint density at radius 1 is 0.310 bits per heavy atom. The lowest BCUT2D eigenvalue weighted by molar-refractivity contribution is 0.350. The van der Waals surface area contributed by atoms with Gasteiger partial charge in [0, 0.05) is 69.2 Å².